The van der Waals surface area contributed by atoms with Crippen molar-refractivity contribution < 1.29 is 24.0 Å². The number of piperazine rings is 1. The Morgan fingerprint density at radius 3 is 2.84 bits per heavy atom. The highest BCUT2D eigenvalue weighted by Crippen LogP contribution is 2.37. The number of quaternary nitrogens is 1. The van der Waals surface area contributed by atoms with E-state index in [1.165, 1.54) is 23.3 Å². The molecule has 8 heteroatoms. The van der Waals surface area contributed by atoms with Crippen LogP contribution in [0.3, 0.4) is 0 Å². The van der Waals surface area contributed by atoms with Crippen LogP contribution in [0.2, 0.25) is 0 Å². The summed E-state index contributed by atoms with van der Waals surface area (Å²) < 4.78 is 4.95. The van der Waals surface area contributed by atoms with E-state index < -0.39 is 0 Å². The summed E-state index contributed by atoms with van der Waals surface area (Å²) in [6, 6.07) is 0. The summed E-state index contributed by atoms with van der Waals surface area (Å²) in [5, 5.41) is 6.23. The Morgan fingerprint density at radius 2 is 2.08 bits per heavy atom. The standard InChI is InChI=1S/C17H23N3O4S/c1-24-17(23)15-11-5-3-2-4-6-12(11)25-16(15)19-14(22)10-20-8-7-18-13(21)9-20/h2-10H2,1H3,(H,18,21)(H,19,22)/p+1. The molecule has 0 bridgehead atoms. The molecule has 1 unspecified atom stereocenters. The van der Waals surface area contributed by atoms with Crippen molar-refractivity contribution >= 4 is 34.1 Å². The molecule has 7 nitrogen and oxygen atoms in total. The normalized spacial score (nSPS) is 20.2. The molecule has 2 amide bonds. The number of thiophene rings is 1. The largest absolute Gasteiger partial charge is 0.465 e. The smallest absolute Gasteiger partial charge is 0.341 e. The van der Waals surface area contributed by atoms with E-state index in [1.807, 2.05) is 0 Å². The number of amides is 2. The van der Waals surface area contributed by atoms with Crippen LogP contribution in [0.5, 0.6) is 0 Å². The Morgan fingerprint density at radius 1 is 1.28 bits per heavy atom. The molecule has 2 aliphatic rings. The Labute approximate surface area is 150 Å². The molecule has 1 atom stereocenters. The van der Waals surface area contributed by atoms with Crippen LogP contribution >= 0.6 is 11.3 Å². The van der Waals surface area contributed by atoms with Gasteiger partial charge in [0.2, 0.25) is 0 Å². The molecule has 136 valence electrons. The van der Waals surface area contributed by atoms with Gasteiger partial charge in [-0.05, 0) is 31.2 Å². The lowest BCUT2D eigenvalue weighted by Gasteiger charge is -2.22. The number of rotatable bonds is 4. The van der Waals surface area contributed by atoms with Crippen LogP contribution in [0.4, 0.5) is 5.00 Å². The number of anilines is 1. The molecular weight excluding hydrogens is 342 g/mol. The van der Waals surface area contributed by atoms with E-state index >= 15 is 0 Å². The lowest BCUT2D eigenvalue weighted by molar-refractivity contribution is -0.885. The Kier molecular flexibility index (Phi) is 5.70. The second kappa shape index (κ2) is 7.97. The summed E-state index contributed by atoms with van der Waals surface area (Å²) in [4.78, 5) is 38.2. The number of methoxy groups -OCH3 is 1. The second-order valence-electron chi connectivity index (χ2n) is 6.51. The van der Waals surface area contributed by atoms with Crippen LogP contribution in [0.1, 0.15) is 40.1 Å². The van der Waals surface area contributed by atoms with E-state index in [-0.39, 0.29) is 24.3 Å². The monoisotopic (exact) mass is 366 g/mol. The molecule has 0 aromatic carbocycles. The number of fused-ring (bicyclic) bond motifs is 1. The van der Waals surface area contributed by atoms with Crippen molar-refractivity contribution in [1.82, 2.24) is 5.32 Å². The molecule has 1 aliphatic heterocycles. The molecule has 25 heavy (non-hydrogen) atoms. The predicted octanol–water partition coefficient (Wildman–Crippen LogP) is -0.243. The maximum atomic E-state index is 12.4. The maximum absolute atomic E-state index is 12.4. The van der Waals surface area contributed by atoms with Crippen molar-refractivity contribution in [2.24, 2.45) is 0 Å². The van der Waals surface area contributed by atoms with Gasteiger partial charge in [0.1, 0.15) is 5.00 Å². The van der Waals surface area contributed by atoms with Gasteiger partial charge in [0.25, 0.3) is 11.8 Å². The molecule has 0 spiro atoms. The fraction of sp³-hybridized carbons (Fsp3) is 0.588. The molecule has 1 aromatic rings. The Bertz CT molecular complexity index is 686. The molecule has 1 aromatic heterocycles. The van der Waals surface area contributed by atoms with Gasteiger partial charge in [-0.1, -0.05) is 6.42 Å². The summed E-state index contributed by atoms with van der Waals surface area (Å²) >= 11 is 1.49. The van der Waals surface area contributed by atoms with Crippen molar-refractivity contribution in [3.63, 3.8) is 0 Å². The van der Waals surface area contributed by atoms with Gasteiger partial charge in [-0.2, -0.15) is 0 Å². The minimum atomic E-state index is -0.389. The van der Waals surface area contributed by atoms with Crippen molar-refractivity contribution in [3.8, 4) is 0 Å². The van der Waals surface area contributed by atoms with E-state index in [0.29, 0.717) is 23.7 Å². The van der Waals surface area contributed by atoms with E-state index in [1.54, 1.807) is 0 Å². The first-order valence-corrected chi connectivity index (χ1v) is 9.53. The third kappa shape index (κ3) is 4.19. The predicted molar refractivity (Wildman–Crippen MR) is 94.1 cm³/mol. The fourth-order valence-corrected chi connectivity index (χ4v) is 4.75. The highest BCUT2D eigenvalue weighted by molar-refractivity contribution is 7.17. The van der Waals surface area contributed by atoms with Gasteiger partial charge >= 0.3 is 5.97 Å². The number of carbonyl (C=O) groups excluding carboxylic acids is 3. The average Bonchev–Trinajstić information content (AvgIpc) is 2.75. The third-order valence-electron chi connectivity index (χ3n) is 4.69. The van der Waals surface area contributed by atoms with E-state index in [0.717, 1.165) is 49.1 Å². The number of hydrogen-bond acceptors (Lipinski definition) is 5. The molecule has 2 heterocycles. The molecule has 1 aliphatic carbocycles. The van der Waals surface area contributed by atoms with Crippen molar-refractivity contribution in [2.75, 3.05) is 38.6 Å². The van der Waals surface area contributed by atoms with Gasteiger partial charge in [-0.3, -0.25) is 9.59 Å². The fourth-order valence-electron chi connectivity index (χ4n) is 3.45. The number of ether oxygens (including phenoxy) is 1. The summed E-state index contributed by atoms with van der Waals surface area (Å²) in [5.41, 5.74) is 1.55. The summed E-state index contributed by atoms with van der Waals surface area (Å²) in [6.45, 7) is 1.83. The lowest BCUT2D eigenvalue weighted by Crippen LogP contribution is -3.16. The van der Waals surface area contributed by atoms with Crippen molar-refractivity contribution in [3.05, 3.63) is 16.0 Å². The number of nitrogens with one attached hydrogen (secondary N) is 3. The van der Waals surface area contributed by atoms with Crippen LogP contribution in [-0.4, -0.2) is 51.1 Å². The maximum Gasteiger partial charge on any atom is 0.341 e. The molecule has 0 radical (unpaired) electrons. The van der Waals surface area contributed by atoms with Gasteiger partial charge < -0.3 is 20.3 Å². The molecule has 0 saturated carbocycles. The van der Waals surface area contributed by atoms with Crippen LogP contribution in [-0.2, 0) is 27.2 Å². The second-order valence-corrected chi connectivity index (χ2v) is 7.62. The van der Waals surface area contributed by atoms with Gasteiger partial charge in [-0.15, -0.1) is 11.3 Å². The zero-order valence-electron chi connectivity index (χ0n) is 14.4. The van der Waals surface area contributed by atoms with Gasteiger partial charge in [0, 0.05) is 4.88 Å². The van der Waals surface area contributed by atoms with Gasteiger partial charge in [-0.25, -0.2) is 4.79 Å². The summed E-state index contributed by atoms with van der Waals surface area (Å²) in [6.07, 6.45) is 5.11. The van der Waals surface area contributed by atoms with Crippen molar-refractivity contribution in [2.45, 2.75) is 32.1 Å². The Balaban J connectivity index is 1.75. The molecule has 3 rings (SSSR count). The number of aryl methyl sites for hydroxylation is 1. The first kappa shape index (κ1) is 17.9. The minimum Gasteiger partial charge on any atom is -0.465 e. The number of carbonyl (C=O) groups is 3. The zero-order valence-corrected chi connectivity index (χ0v) is 15.2. The number of hydrogen-bond donors (Lipinski definition) is 3. The Hall–Kier alpha value is -1.93. The quantitative estimate of drug-likeness (QED) is 0.507. The lowest BCUT2D eigenvalue weighted by atomic mass is 10.1. The SMILES string of the molecule is COC(=O)c1c(NC(=O)C[NH+]2CCNC(=O)C2)sc2c1CCCCC2. The minimum absolute atomic E-state index is 0.0351. The van der Waals surface area contributed by atoms with E-state index in [9.17, 15) is 14.4 Å². The molecule has 1 fully saturated rings. The highest BCUT2D eigenvalue weighted by Gasteiger charge is 2.28. The first-order valence-electron chi connectivity index (χ1n) is 8.71. The van der Waals surface area contributed by atoms with Crippen LogP contribution in [0.15, 0.2) is 0 Å². The topological polar surface area (TPSA) is 88.9 Å². The van der Waals surface area contributed by atoms with E-state index in [2.05, 4.69) is 10.6 Å². The first-order chi connectivity index (χ1) is 12.1. The van der Waals surface area contributed by atoms with Crippen LogP contribution in [0, 0.1) is 0 Å². The third-order valence-corrected chi connectivity index (χ3v) is 5.89. The van der Waals surface area contributed by atoms with Crippen LogP contribution in [0.25, 0.3) is 0 Å². The molecular formula is C17H24N3O4S+. The van der Waals surface area contributed by atoms with Gasteiger partial charge in [0.05, 0.1) is 25.8 Å². The molecule has 3 N–H and O–H groups in total. The zero-order chi connectivity index (χ0) is 17.8. The summed E-state index contributed by atoms with van der Waals surface area (Å²) in [5.74, 6) is -0.599. The highest BCUT2D eigenvalue weighted by atomic mass is 32.1. The molecule has 1 saturated heterocycles. The number of esters is 1. The average molecular weight is 366 g/mol. The summed E-state index contributed by atoms with van der Waals surface area (Å²) in [7, 11) is 1.37. The van der Waals surface area contributed by atoms with Gasteiger partial charge in [0.15, 0.2) is 13.1 Å². The van der Waals surface area contributed by atoms with Crippen LogP contribution < -0.4 is 15.5 Å². The van der Waals surface area contributed by atoms with Crippen molar-refractivity contribution in [1.29, 1.82) is 0 Å². The van der Waals surface area contributed by atoms with E-state index in [4.69, 9.17) is 4.74 Å².